The van der Waals surface area contributed by atoms with E-state index >= 15 is 0 Å². The minimum atomic E-state index is -4.72. The zero-order chi connectivity index (χ0) is 21.6. The molecule has 1 heterocycles. The summed E-state index contributed by atoms with van der Waals surface area (Å²) in [4.78, 5) is 12.0. The summed E-state index contributed by atoms with van der Waals surface area (Å²) in [5.74, 6) is 0.0272. The third-order valence-corrected chi connectivity index (χ3v) is 5.77. The van der Waals surface area contributed by atoms with Gasteiger partial charge in [0, 0.05) is 17.1 Å². The maximum atomic E-state index is 12.3. The van der Waals surface area contributed by atoms with E-state index in [1.807, 2.05) is 19.9 Å². The molecule has 1 aliphatic carbocycles. The monoisotopic (exact) mass is 418 g/mol. The molecule has 2 aromatic rings. The molecule has 7 heteroatoms. The molecule has 4 nitrogen and oxygen atoms in total. The molecular formula is C23H21F3O4. The van der Waals surface area contributed by atoms with Gasteiger partial charge in [0.05, 0.1) is 0 Å². The second kappa shape index (κ2) is 7.38. The molecule has 0 N–H and O–H groups in total. The molecule has 2 atom stereocenters. The summed E-state index contributed by atoms with van der Waals surface area (Å²) in [6.07, 6.45) is -3.38. The van der Waals surface area contributed by atoms with Gasteiger partial charge in [-0.3, -0.25) is 0 Å². The van der Waals surface area contributed by atoms with E-state index in [1.54, 1.807) is 0 Å². The van der Waals surface area contributed by atoms with Crippen LogP contribution in [0.1, 0.15) is 40.3 Å². The van der Waals surface area contributed by atoms with Gasteiger partial charge < -0.3 is 14.2 Å². The van der Waals surface area contributed by atoms with Crippen molar-refractivity contribution < 1.29 is 32.2 Å². The zero-order valence-corrected chi connectivity index (χ0v) is 16.6. The fourth-order valence-corrected chi connectivity index (χ4v) is 4.27. The summed E-state index contributed by atoms with van der Waals surface area (Å²) in [5.41, 5.74) is 5.36. The molecule has 1 saturated heterocycles. The van der Waals surface area contributed by atoms with Gasteiger partial charge in [0.2, 0.25) is 0 Å². The van der Waals surface area contributed by atoms with Crippen molar-refractivity contribution in [2.24, 2.45) is 5.92 Å². The first kappa shape index (κ1) is 20.3. The molecule has 158 valence electrons. The first-order valence-electron chi connectivity index (χ1n) is 9.64. The average molecular weight is 418 g/mol. The highest BCUT2D eigenvalue weighted by Crippen LogP contribution is 2.49. The number of alkyl halides is 3. The fraction of sp³-hybridized carbons (Fsp3) is 0.348. The van der Waals surface area contributed by atoms with E-state index in [1.165, 1.54) is 29.8 Å². The Hall–Kier alpha value is -2.96. The predicted octanol–water partition coefficient (Wildman–Crippen LogP) is 5.50. The molecule has 0 spiro atoms. The first-order valence-corrected chi connectivity index (χ1v) is 9.64. The quantitative estimate of drug-likeness (QED) is 0.486. The van der Waals surface area contributed by atoms with Gasteiger partial charge in [-0.1, -0.05) is 18.7 Å². The Balaban J connectivity index is 1.55. The van der Waals surface area contributed by atoms with Crippen molar-refractivity contribution in [1.82, 2.24) is 0 Å². The van der Waals surface area contributed by atoms with Crippen LogP contribution >= 0.6 is 0 Å². The molecule has 0 bridgehead atoms. The standard InChI is InChI=1S/C23H21F3O4/c1-12-10-19(28-11-15-4-6-16(7-5-15)30-23(24,25)26)14(3)20-17(12)8-9-18-13(2)22(27)29-21(18)20/h4-7,10,18,21H,2,8-9,11H2,1,3H3/t18-,21?/m0/s1. The lowest BCUT2D eigenvalue weighted by molar-refractivity contribution is -0.274. The second-order valence-corrected chi connectivity index (χ2v) is 7.69. The Morgan fingerprint density at radius 1 is 1.20 bits per heavy atom. The Morgan fingerprint density at radius 3 is 2.57 bits per heavy atom. The normalized spacial score (nSPS) is 20.4. The summed E-state index contributed by atoms with van der Waals surface area (Å²) in [5, 5.41) is 0. The molecule has 0 aromatic heterocycles. The van der Waals surface area contributed by atoms with Crippen LogP contribution in [0.2, 0.25) is 0 Å². The molecule has 4 rings (SSSR count). The minimum Gasteiger partial charge on any atom is -0.489 e. The summed E-state index contributed by atoms with van der Waals surface area (Å²) >= 11 is 0. The SMILES string of the molecule is C=C1C(=O)OC2c3c(C)c(OCc4ccc(OC(F)(F)F)cc4)cc(C)c3CC[C@@H]12. The zero-order valence-electron chi connectivity index (χ0n) is 16.6. The number of ether oxygens (including phenoxy) is 3. The average Bonchev–Trinajstić information content (AvgIpc) is 2.97. The number of hydrogen-bond donors (Lipinski definition) is 0. The maximum Gasteiger partial charge on any atom is 0.573 e. The molecule has 0 amide bonds. The number of benzene rings is 2. The molecule has 2 aliphatic rings. The van der Waals surface area contributed by atoms with Crippen molar-refractivity contribution in [3.8, 4) is 11.5 Å². The van der Waals surface area contributed by atoms with Crippen molar-refractivity contribution >= 4 is 5.97 Å². The van der Waals surface area contributed by atoms with Crippen molar-refractivity contribution in [3.05, 3.63) is 70.3 Å². The Labute approximate surface area is 172 Å². The Bertz CT molecular complexity index is 1010. The van der Waals surface area contributed by atoms with Crippen LogP contribution in [0.25, 0.3) is 0 Å². The van der Waals surface area contributed by atoms with Gasteiger partial charge in [-0.2, -0.15) is 0 Å². The van der Waals surface area contributed by atoms with Gasteiger partial charge in [0.15, 0.2) is 0 Å². The van der Waals surface area contributed by atoms with Gasteiger partial charge in [-0.15, -0.1) is 13.2 Å². The van der Waals surface area contributed by atoms with Crippen molar-refractivity contribution in [3.63, 3.8) is 0 Å². The molecular weight excluding hydrogens is 397 g/mol. The molecule has 0 saturated carbocycles. The van der Waals surface area contributed by atoms with Gasteiger partial charge >= 0.3 is 12.3 Å². The van der Waals surface area contributed by atoms with Crippen LogP contribution in [0.15, 0.2) is 42.5 Å². The van der Waals surface area contributed by atoms with Crippen molar-refractivity contribution in [2.45, 2.75) is 45.8 Å². The summed E-state index contributed by atoms with van der Waals surface area (Å²) in [6.45, 7) is 8.01. The van der Waals surface area contributed by atoms with E-state index in [4.69, 9.17) is 9.47 Å². The van der Waals surface area contributed by atoms with Crippen LogP contribution in [-0.4, -0.2) is 12.3 Å². The first-order chi connectivity index (χ1) is 14.1. The number of carbonyl (C=O) groups is 1. The number of aryl methyl sites for hydroxylation is 1. The van der Waals surface area contributed by atoms with Crippen LogP contribution in [0.3, 0.4) is 0 Å². The molecule has 30 heavy (non-hydrogen) atoms. The Morgan fingerprint density at radius 2 is 1.90 bits per heavy atom. The van der Waals surface area contributed by atoms with Crippen molar-refractivity contribution in [2.75, 3.05) is 0 Å². The molecule has 2 aromatic carbocycles. The van der Waals surface area contributed by atoms with E-state index in [9.17, 15) is 18.0 Å². The van der Waals surface area contributed by atoms with Crippen LogP contribution in [0.4, 0.5) is 13.2 Å². The minimum absolute atomic E-state index is 0.0143. The van der Waals surface area contributed by atoms with Gasteiger partial charge in [-0.25, -0.2) is 4.79 Å². The maximum absolute atomic E-state index is 12.3. The third-order valence-electron chi connectivity index (χ3n) is 5.77. The Kier molecular flexibility index (Phi) is 5.00. The van der Waals surface area contributed by atoms with Crippen LogP contribution < -0.4 is 9.47 Å². The van der Waals surface area contributed by atoms with Crippen molar-refractivity contribution in [1.29, 1.82) is 0 Å². The van der Waals surface area contributed by atoms with E-state index in [0.29, 0.717) is 16.9 Å². The van der Waals surface area contributed by atoms with E-state index in [0.717, 1.165) is 29.5 Å². The fourth-order valence-electron chi connectivity index (χ4n) is 4.27. The number of fused-ring (bicyclic) bond motifs is 3. The van der Waals surface area contributed by atoms with Gasteiger partial charge in [-0.05, 0) is 67.1 Å². The van der Waals surface area contributed by atoms with Crippen LogP contribution in [0, 0.1) is 19.8 Å². The molecule has 1 aliphatic heterocycles. The highest BCUT2D eigenvalue weighted by atomic mass is 19.4. The summed E-state index contributed by atoms with van der Waals surface area (Å²) in [7, 11) is 0. The van der Waals surface area contributed by atoms with Gasteiger partial charge in [0.25, 0.3) is 0 Å². The predicted molar refractivity (Wildman–Crippen MR) is 103 cm³/mol. The smallest absolute Gasteiger partial charge is 0.489 e. The number of hydrogen-bond acceptors (Lipinski definition) is 4. The largest absolute Gasteiger partial charge is 0.573 e. The summed E-state index contributed by atoms with van der Waals surface area (Å²) in [6, 6.07) is 7.53. The highest BCUT2D eigenvalue weighted by Gasteiger charge is 2.44. The lowest BCUT2D eigenvalue weighted by Gasteiger charge is -2.30. The lowest BCUT2D eigenvalue weighted by Crippen LogP contribution is -2.20. The third kappa shape index (κ3) is 3.76. The van der Waals surface area contributed by atoms with Crippen LogP contribution in [0.5, 0.6) is 11.5 Å². The van der Waals surface area contributed by atoms with Gasteiger partial charge in [0.1, 0.15) is 24.2 Å². The molecule has 1 unspecified atom stereocenters. The number of rotatable bonds is 4. The van der Waals surface area contributed by atoms with E-state index < -0.39 is 6.36 Å². The van der Waals surface area contributed by atoms with E-state index in [2.05, 4.69) is 11.3 Å². The highest BCUT2D eigenvalue weighted by molar-refractivity contribution is 5.91. The van der Waals surface area contributed by atoms with E-state index in [-0.39, 0.29) is 30.3 Å². The lowest BCUT2D eigenvalue weighted by atomic mass is 9.76. The number of halogens is 3. The number of carbonyl (C=O) groups excluding carboxylic acids is 1. The topological polar surface area (TPSA) is 44.8 Å². The number of esters is 1. The summed E-state index contributed by atoms with van der Waals surface area (Å²) < 4.78 is 52.3. The van der Waals surface area contributed by atoms with Crippen LogP contribution in [-0.2, 0) is 22.6 Å². The second-order valence-electron chi connectivity index (χ2n) is 7.69. The molecule has 1 fully saturated rings. The molecule has 0 radical (unpaired) electrons.